The maximum Gasteiger partial charge on any atom is 0.262 e. The van der Waals surface area contributed by atoms with Crippen LogP contribution in [0, 0.1) is 0 Å². The van der Waals surface area contributed by atoms with Crippen molar-refractivity contribution in [3.63, 3.8) is 0 Å². The number of nitrogens with one attached hydrogen (secondary N) is 1. The molecule has 0 aliphatic carbocycles. The zero-order valence-electron chi connectivity index (χ0n) is 14.9. The van der Waals surface area contributed by atoms with E-state index in [-0.39, 0.29) is 9.79 Å². The van der Waals surface area contributed by atoms with Gasteiger partial charge in [0, 0.05) is 19.3 Å². The Balaban J connectivity index is 1.99. The van der Waals surface area contributed by atoms with Crippen LogP contribution in [0.4, 0.5) is 11.4 Å². The quantitative estimate of drug-likeness (QED) is 0.787. The monoisotopic (exact) mass is 428 g/mol. The topological polar surface area (TPSA) is 83.5 Å². The molecule has 1 N–H and O–H groups in total. The lowest BCUT2D eigenvalue weighted by atomic mass is 10.1. The van der Waals surface area contributed by atoms with Crippen LogP contribution < -0.4 is 9.62 Å². The molecule has 0 bridgehead atoms. The van der Waals surface area contributed by atoms with E-state index in [0.717, 1.165) is 44.7 Å². The van der Waals surface area contributed by atoms with Crippen molar-refractivity contribution in [1.82, 2.24) is 0 Å². The van der Waals surface area contributed by atoms with Crippen LogP contribution in [0.15, 0.2) is 52.3 Å². The van der Waals surface area contributed by atoms with Crippen molar-refractivity contribution < 1.29 is 16.8 Å². The van der Waals surface area contributed by atoms with Gasteiger partial charge in [0.25, 0.3) is 10.0 Å². The predicted molar refractivity (Wildman–Crippen MR) is 108 cm³/mol. The fourth-order valence-electron chi connectivity index (χ4n) is 3.11. The fourth-order valence-corrected chi connectivity index (χ4v) is 5.26. The maximum absolute atomic E-state index is 12.9. The Bertz CT molecular complexity index is 1050. The lowest BCUT2D eigenvalue weighted by Gasteiger charge is -2.31. The lowest BCUT2D eigenvalue weighted by Crippen LogP contribution is -2.30. The van der Waals surface area contributed by atoms with Gasteiger partial charge in [0.1, 0.15) is 0 Å². The molecule has 0 amide bonds. The Hall–Kier alpha value is -1.77. The van der Waals surface area contributed by atoms with Gasteiger partial charge in [-0.1, -0.05) is 23.7 Å². The van der Waals surface area contributed by atoms with Gasteiger partial charge in [0.05, 0.1) is 26.2 Å². The summed E-state index contributed by atoms with van der Waals surface area (Å²) in [5.41, 5.74) is 1.04. The summed E-state index contributed by atoms with van der Waals surface area (Å²) in [6.45, 7) is 1.62. The molecule has 0 spiro atoms. The number of sulfonamides is 1. The number of hydrogen-bond acceptors (Lipinski definition) is 5. The number of para-hydroxylation sites is 1. The Morgan fingerprint density at radius 2 is 1.56 bits per heavy atom. The molecule has 2 aromatic carbocycles. The van der Waals surface area contributed by atoms with Crippen molar-refractivity contribution in [2.45, 2.75) is 29.1 Å². The molecule has 1 aliphatic heterocycles. The molecule has 1 saturated heterocycles. The molecule has 9 heteroatoms. The molecule has 0 aromatic heterocycles. The van der Waals surface area contributed by atoms with Gasteiger partial charge in [0.2, 0.25) is 0 Å². The van der Waals surface area contributed by atoms with Crippen LogP contribution in [0.5, 0.6) is 0 Å². The highest BCUT2D eigenvalue weighted by atomic mass is 35.5. The highest BCUT2D eigenvalue weighted by Gasteiger charge is 2.22. The van der Waals surface area contributed by atoms with Gasteiger partial charge >= 0.3 is 0 Å². The summed E-state index contributed by atoms with van der Waals surface area (Å²) in [5, 5.41) is 0.474. The number of benzene rings is 2. The Labute approximate surface area is 165 Å². The zero-order chi connectivity index (χ0) is 19.7. The van der Waals surface area contributed by atoms with Crippen LogP contribution >= 0.6 is 11.6 Å². The first-order chi connectivity index (χ1) is 12.7. The van der Waals surface area contributed by atoms with E-state index >= 15 is 0 Å². The smallest absolute Gasteiger partial charge is 0.262 e. The molecule has 146 valence electrons. The molecule has 1 aliphatic rings. The first kappa shape index (κ1) is 20.0. The Kier molecular flexibility index (Phi) is 5.69. The molecule has 0 atom stereocenters. The minimum absolute atomic E-state index is 0.0484. The van der Waals surface area contributed by atoms with E-state index < -0.39 is 19.9 Å². The van der Waals surface area contributed by atoms with E-state index in [4.69, 9.17) is 11.6 Å². The second-order valence-electron chi connectivity index (χ2n) is 6.54. The second kappa shape index (κ2) is 7.69. The zero-order valence-corrected chi connectivity index (χ0v) is 17.2. The van der Waals surface area contributed by atoms with Gasteiger partial charge in [-0.3, -0.25) is 4.72 Å². The number of nitrogens with zero attached hydrogens (tertiary/aromatic N) is 1. The molecule has 3 rings (SSSR count). The summed E-state index contributed by atoms with van der Waals surface area (Å²) < 4.78 is 51.8. The number of rotatable bonds is 5. The number of sulfone groups is 1. The van der Waals surface area contributed by atoms with Crippen LogP contribution in [-0.2, 0) is 19.9 Å². The van der Waals surface area contributed by atoms with Gasteiger partial charge < -0.3 is 4.90 Å². The summed E-state index contributed by atoms with van der Waals surface area (Å²) in [4.78, 5) is 1.92. The Morgan fingerprint density at radius 3 is 2.22 bits per heavy atom. The molecule has 0 unspecified atom stereocenters. The summed E-state index contributed by atoms with van der Waals surface area (Å²) in [6, 6.07) is 10.4. The summed E-state index contributed by atoms with van der Waals surface area (Å²) in [6.07, 6.45) is 4.22. The molecule has 1 fully saturated rings. The van der Waals surface area contributed by atoms with Gasteiger partial charge in [0.15, 0.2) is 9.84 Å². The summed E-state index contributed by atoms with van der Waals surface area (Å²) in [7, 11) is -7.49. The first-order valence-electron chi connectivity index (χ1n) is 8.55. The molecule has 27 heavy (non-hydrogen) atoms. The number of hydrogen-bond donors (Lipinski definition) is 1. The van der Waals surface area contributed by atoms with Crippen molar-refractivity contribution in [2.24, 2.45) is 0 Å². The maximum atomic E-state index is 12.9. The fraction of sp³-hybridized carbons (Fsp3) is 0.333. The molecular formula is C18H21ClN2O4S2. The molecule has 2 aromatic rings. The van der Waals surface area contributed by atoms with E-state index in [1.165, 1.54) is 18.2 Å². The van der Waals surface area contributed by atoms with Gasteiger partial charge in [-0.2, -0.15) is 0 Å². The lowest BCUT2D eigenvalue weighted by molar-refractivity contribution is 0.578. The van der Waals surface area contributed by atoms with Crippen molar-refractivity contribution in [3.8, 4) is 0 Å². The summed E-state index contributed by atoms with van der Waals surface area (Å²) >= 11 is 6.37. The van der Waals surface area contributed by atoms with Gasteiger partial charge in [-0.05, 0) is 49.6 Å². The Morgan fingerprint density at radius 1 is 0.926 bits per heavy atom. The standard InChI is InChI=1S/C18H21ClN2O4S2/c1-26(22,23)14-7-5-8-15(13-14)27(24,25)20-17-10-6-9-16(19)18(17)21-11-3-2-4-12-21/h5-10,13,20H,2-4,11-12H2,1H3. The molecule has 0 saturated carbocycles. The molecule has 6 nitrogen and oxygen atoms in total. The highest BCUT2D eigenvalue weighted by molar-refractivity contribution is 7.93. The number of piperidine rings is 1. The summed E-state index contributed by atoms with van der Waals surface area (Å²) in [5.74, 6) is 0. The third-order valence-corrected chi connectivity index (χ3v) is 7.23. The van der Waals surface area contributed by atoms with Crippen molar-refractivity contribution in [2.75, 3.05) is 29.0 Å². The van der Waals surface area contributed by atoms with Crippen LogP contribution in [-0.4, -0.2) is 36.2 Å². The average Bonchev–Trinajstić information content (AvgIpc) is 2.62. The average molecular weight is 429 g/mol. The first-order valence-corrected chi connectivity index (χ1v) is 12.3. The van der Waals surface area contributed by atoms with Crippen LogP contribution in [0.25, 0.3) is 0 Å². The SMILES string of the molecule is CS(=O)(=O)c1cccc(S(=O)(=O)Nc2cccc(Cl)c2N2CCCCC2)c1. The molecular weight excluding hydrogens is 408 g/mol. The third kappa shape index (κ3) is 4.56. The number of anilines is 2. The molecule has 1 heterocycles. The van der Waals surface area contributed by atoms with Gasteiger partial charge in [-0.25, -0.2) is 16.8 Å². The van der Waals surface area contributed by atoms with E-state index in [0.29, 0.717) is 16.4 Å². The van der Waals surface area contributed by atoms with E-state index in [1.807, 2.05) is 0 Å². The normalized spacial score (nSPS) is 15.6. The molecule has 0 radical (unpaired) electrons. The number of halogens is 1. The highest BCUT2D eigenvalue weighted by Crippen LogP contribution is 2.36. The largest absolute Gasteiger partial charge is 0.369 e. The second-order valence-corrected chi connectivity index (χ2v) is 10.6. The predicted octanol–water partition coefficient (Wildman–Crippen LogP) is 3.53. The minimum Gasteiger partial charge on any atom is -0.369 e. The van der Waals surface area contributed by atoms with Crippen LogP contribution in [0.2, 0.25) is 5.02 Å². The third-order valence-electron chi connectivity index (χ3n) is 4.45. The van der Waals surface area contributed by atoms with Crippen LogP contribution in [0.3, 0.4) is 0 Å². The van der Waals surface area contributed by atoms with Crippen LogP contribution in [0.1, 0.15) is 19.3 Å². The van der Waals surface area contributed by atoms with Crippen molar-refractivity contribution in [3.05, 3.63) is 47.5 Å². The van der Waals surface area contributed by atoms with E-state index in [1.54, 1.807) is 18.2 Å². The van der Waals surface area contributed by atoms with Crippen molar-refractivity contribution >= 4 is 42.8 Å². The van der Waals surface area contributed by atoms with Crippen molar-refractivity contribution in [1.29, 1.82) is 0 Å². The van der Waals surface area contributed by atoms with E-state index in [2.05, 4.69) is 9.62 Å². The van der Waals surface area contributed by atoms with Gasteiger partial charge in [-0.15, -0.1) is 0 Å². The van der Waals surface area contributed by atoms with E-state index in [9.17, 15) is 16.8 Å². The minimum atomic E-state index is -3.97.